The molecule has 118 valence electrons. The normalized spacial score (nSPS) is 14.0. The van der Waals surface area contributed by atoms with Crippen LogP contribution in [0.4, 0.5) is 34.6 Å². The van der Waals surface area contributed by atoms with E-state index >= 15 is 0 Å². The third-order valence-electron chi connectivity index (χ3n) is 3.51. The Hall–Kier alpha value is -2.75. The molecule has 1 heterocycles. The first kappa shape index (κ1) is 15.2. The first-order valence-corrected chi connectivity index (χ1v) is 6.69. The van der Waals surface area contributed by atoms with Crippen LogP contribution in [0.5, 0.6) is 5.75 Å². The Kier molecular flexibility index (Phi) is 3.60. The van der Waals surface area contributed by atoms with Gasteiger partial charge in [-0.05, 0) is 24.3 Å². The molecule has 0 aliphatic carbocycles. The number of hydrogen-bond donors (Lipinski definition) is 0. The van der Waals surface area contributed by atoms with Crippen molar-refractivity contribution in [2.45, 2.75) is 6.18 Å². The predicted octanol–water partition coefficient (Wildman–Crippen LogP) is 4.93. The summed E-state index contributed by atoms with van der Waals surface area (Å²) >= 11 is 0. The van der Waals surface area contributed by atoms with Crippen LogP contribution in [0.1, 0.15) is 5.56 Å². The fraction of sp³-hybridized carbons (Fsp3) is 0.188. The van der Waals surface area contributed by atoms with Crippen LogP contribution >= 0.6 is 0 Å². The maximum atomic E-state index is 14.1. The molecule has 0 saturated carbocycles. The van der Waals surface area contributed by atoms with Gasteiger partial charge in [0.25, 0.3) is 0 Å². The van der Waals surface area contributed by atoms with Crippen LogP contribution in [0.2, 0.25) is 0 Å². The summed E-state index contributed by atoms with van der Waals surface area (Å²) in [6.07, 6.45) is -4.54. The summed E-state index contributed by atoms with van der Waals surface area (Å²) in [5.74, 6) is -0.259. The van der Waals surface area contributed by atoms with E-state index < -0.39 is 17.6 Å². The van der Waals surface area contributed by atoms with Gasteiger partial charge in [-0.25, -0.2) is 9.24 Å². The topological polar surface area (TPSA) is 16.8 Å². The molecule has 0 atom stereocenters. The van der Waals surface area contributed by atoms with E-state index in [0.717, 1.165) is 12.1 Å². The second-order valence-electron chi connectivity index (χ2n) is 4.90. The van der Waals surface area contributed by atoms with Crippen molar-refractivity contribution < 1.29 is 22.3 Å². The number of anilines is 2. The minimum Gasteiger partial charge on any atom is -0.489 e. The van der Waals surface area contributed by atoms with Gasteiger partial charge in [-0.3, -0.25) is 0 Å². The Morgan fingerprint density at radius 3 is 2.65 bits per heavy atom. The summed E-state index contributed by atoms with van der Waals surface area (Å²) in [6, 6.07) is 7.16. The fourth-order valence-corrected chi connectivity index (χ4v) is 2.49. The van der Waals surface area contributed by atoms with Crippen LogP contribution in [0.3, 0.4) is 0 Å². The first-order chi connectivity index (χ1) is 10.9. The molecule has 0 N–H and O–H groups in total. The van der Waals surface area contributed by atoms with E-state index in [9.17, 15) is 17.6 Å². The second-order valence-corrected chi connectivity index (χ2v) is 4.90. The van der Waals surface area contributed by atoms with Gasteiger partial charge >= 0.3 is 6.18 Å². The highest BCUT2D eigenvalue weighted by Crippen LogP contribution is 2.44. The molecule has 2 aromatic carbocycles. The van der Waals surface area contributed by atoms with Gasteiger partial charge in [0.05, 0.1) is 13.1 Å². The molecule has 0 radical (unpaired) electrons. The average Bonchev–Trinajstić information content (AvgIpc) is 2.53. The van der Waals surface area contributed by atoms with Gasteiger partial charge < -0.3 is 9.64 Å². The quantitative estimate of drug-likeness (QED) is 0.547. The van der Waals surface area contributed by atoms with Crippen molar-refractivity contribution in [3.05, 3.63) is 59.2 Å². The maximum Gasteiger partial charge on any atom is 0.415 e. The summed E-state index contributed by atoms with van der Waals surface area (Å²) in [5.41, 5.74) is -0.740. The van der Waals surface area contributed by atoms with E-state index in [1.807, 2.05) is 0 Å². The highest BCUT2D eigenvalue weighted by atomic mass is 19.4. The Morgan fingerprint density at radius 2 is 1.96 bits per heavy atom. The number of nitrogens with zero attached hydrogens (tertiary/aromatic N) is 2. The van der Waals surface area contributed by atoms with Crippen molar-refractivity contribution in [3.63, 3.8) is 0 Å². The van der Waals surface area contributed by atoms with E-state index in [1.165, 1.54) is 23.1 Å². The van der Waals surface area contributed by atoms with Gasteiger partial charge in [-0.1, -0.05) is 12.1 Å². The summed E-state index contributed by atoms with van der Waals surface area (Å²) in [6.45, 7) is 7.63. The largest absolute Gasteiger partial charge is 0.489 e. The number of alkyl halides is 3. The van der Waals surface area contributed by atoms with E-state index in [1.54, 1.807) is 6.07 Å². The smallest absolute Gasteiger partial charge is 0.415 e. The van der Waals surface area contributed by atoms with Crippen molar-refractivity contribution in [1.82, 2.24) is 0 Å². The number of fused-ring (bicyclic) bond motifs is 1. The van der Waals surface area contributed by atoms with Crippen LogP contribution < -0.4 is 9.64 Å². The van der Waals surface area contributed by atoms with E-state index in [4.69, 9.17) is 11.3 Å². The maximum absolute atomic E-state index is 14.1. The highest BCUT2D eigenvalue weighted by Gasteiger charge is 2.32. The van der Waals surface area contributed by atoms with E-state index in [2.05, 4.69) is 4.85 Å². The van der Waals surface area contributed by atoms with Gasteiger partial charge in [-0.15, -0.1) is 0 Å². The molecule has 0 amide bonds. The lowest BCUT2D eigenvalue weighted by Crippen LogP contribution is -2.29. The minimum atomic E-state index is -4.54. The zero-order valence-corrected chi connectivity index (χ0v) is 11.7. The molecule has 0 aromatic heterocycles. The molecule has 0 bridgehead atoms. The van der Waals surface area contributed by atoms with E-state index in [0.29, 0.717) is 5.75 Å². The van der Waals surface area contributed by atoms with Crippen molar-refractivity contribution in [3.8, 4) is 5.75 Å². The average molecular weight is 322 g/mol. The molecule has 2 aromatic rings. The molecule has 1 aliphatic rings. The van der Waals surface area contributed by atoms with Gasteiger partial charge in [0.2, 0.25) is 5.69 Å². The number of halogens is 4. The SMILES string of the molecule is [C-]#[N+]c1cc(C(F)(F)F)ccc1N1CCOc2cccc(F)c21. The summed E-state index contributed by atoms with van der Waals surface area (Å²) in [7, 11) is 0. The molecule has 0 spiro atoms. The van der Waals surface area contributed by atoms with Crippen molar-refractivity contribution >= 4 is 17.1 Å². The zero-order valence-electron chi connectivity index (χ0n) is 11.7. The number of ether oxygens (including phenoxy) is 1. The Morgan fingerprint density at radius 1 is 1.17 bits per heavy atom. The monoisotopic (exact) mass is 322 g/mol. The standard InChI is InChI=1S/C16H10F4N2O/c1-21-12-9-10(16(18,19)20)5-6-13(12)22-7-8-23-14-4-2-3-11(17)15(14)22/h2-6,9H,7-8H2. The van der Waals surface area contributed by atoms with Crippen LogP contribution in [0, 0.1) is 12.4 Å². The fourth-order valence-electron chi connectivity index (χ4n) is 2.49. The van der Waals surface area contributed by atoms with Crippen LogP contribution in [-0.2, 0) is 6.18 Å². The third-order valence-corrected chi connectivity index (χ3v) is 3.51. The zero-order chi connectivity index (χ0) is 16.6. The molecule has 23 heavy (non-hydrogen) atoms. The van der Waals surface area contributed by atoms with Gasteiger partial charge in [0.15, 0.2) is 5.82 Å². The number of hydrogen-bond acceptors (Lipinski definition) is 2. The first-order valence-electron chi connectivity index (χ1n) is 6.69. The molecular formula is C16H10F4N2O. The lowest BCUT2D eigenvalue weighted by Gasteiger charge is -2.32. The highest BCUT2D eigenvalue weighted by molar-refractivity contribution is 5.80. The summed E-state index contributed by atoms with van der Waals surface area (Å²) < 4.78 is 57.9. The summed E-state index contributed by atoms with van der Waals surface area (Å²) in [5, 5.41) is 0. The van der Waals surface area contributed by atoms with Crippen molar-refractivity contribution in [2.75, 3.05) is 18.1 Å². The minimum absolute atomic E-state index is 0.128. The van der Waals surface area contributed by atoms with Gasteiger partial charge in [-0.2, -0.15) is 13.2 Å². The van der Waals surface area contributed by atoms with Crippen LogP contribution in [-0.4, -0.2) is 13.2 Å². The number of para-hydroxylation sites is 1. The van der Waals surface area contributed by atoms with Crippen LogP contribution in [0.25, 0.3) is 4.85 Å². The van der Waals surface area contributed by atoms with Gasteiger partial charge in [0, 0.05) is 11.3 Å². The summed E-state index contributed by atoms with van der Waals surface area (Å²) in [4.78, 5) is 4.64. The Labute approximate surface area is 129 Å². The third kappa shape index (κ3) is 2.68. The van der Waals surface area contributed by atoms with Crippen LogP contribution in [0.15, 0.2) is 36.4 Å². The Balaban J connectivity index is 2.13. The second kappa shape index (κ2) is 5.47. The molecule has 0 fully saturated rings. The molecule has 0 saturated heterocycles. The number of rotatable bonds is 1. The van der Waals surface area contributed by atoms with Crippen molar-refractivity contribution in [1.29, 1.82) is 0 Å². The van der Waals surface area contributed by atoms with Gasteiger partial charge in [0.1, 0.15) is 18.0 Å². The molecule has 3 nitrogen and oxygen atoms in total. The Bertz CT molecular complexity index is 796. The lowest BCUT2D eigenvalue weighted by molar-refractivity contribution is -0.137. The van der Waals surface area contributed by atoms with Crippen molar-refractivity contribution in [2.24, 2.45) is 0 Å². The molecule has 0 unspecified atom stereocenters. The predicted molar refractivity (Wildman–Crippen MR) is 76.6 cm³/mol. The molecule has 3 rings (SSSR count). The molecule has 1 aliphatic heterocycles. The molecular weight excluding hydrogens is 312 g/mol. The number of benzene rings is 2. The lowest BCUT2D eigenvalue weighted by atomic mass is 10.1. The molecule has 7 heteroatoms. The van der Waals surface area contributed by atoms with E-state index in [-0.39, 0.29) is 30.2 Å².